The van der Waals surface area contributed by atoms with Crippen molar-refractivity contribution in [1.29, 1.82) is 5.26 Å². The number of nitrogens with one attached hydrogen (secondary N) is 1. The molecule has 0 saturated heterocycles. The van der Waals surface area contributed by atoms with E-state index < -0.39 is 0 Å². The smallest absolute Gasteiger partial charge is 0.142 e. The van der Waals surface area contributed by atoms with Crippen LogP contribution in [-0.2, 0) is 0 Å². The first-order valence-corrected chi connectivity index (χ1v) is 5.90. The van der Waals surface area contributed by atoms with Crippen LogP contribution in [0.15, 0.2) is 12.1 Å². The Kier molecular flexibility index (Phi) is 2.97. The van der Waals surface area contributed by atoms with Gasteiger partial charge in [0.25, 0.3) is 0 Å². The Labute approximate surface area is 102 Å². The number of aryl methyl sites for hydroxylation is 2. The molecular weight excluding hydrogens is 212 g/mol. The molecule has 90 valence electrons. The van der Waals surface area contributed by atoms with E-state index in [9.17, 15) is 0 Å². The van der Waals surface area contributed by atoms with Gasteiger partial charge in [-0.25, -0.2) is 0 Å². The monoisotopic (exact) mass is 230 g/mol. The molecule has 17 heavy (non-hydrogen) atoms. The van der Waals surface area contributed by atoms with Gasteiger partial charge in [-0.3, -0.25) is 0 Å². The van der Waals surface area contributed by atoms with Crippen molar-refractivity contribution in [3.63, 3.8) is 0 Å². The van der Waals surface area contributed by atoms with Gasteiger partial charge in [0.15, 0.2) is 0 Å². The number of ether oxygens (including phenoxy) is 1. The second-order valence-corrected chi connectivity index (χ2v) is 4.90. The molecule has 1 aromatic rings. The lowest BCUT2D eigenvalue weighted by atomic mass is 10.1. The number of hydrogen-bond donors (Lipinski definition) is 1. The summed E-state index contributed by atoms with van der Waals surface area (Å²) in [5.41, 5.74) is 3.23. The average Bonchev–Trinajstić information content (AvgIpc) is 3.07. The maximum atomic E-state index is 9.05. The van der Waals surface area contributed by atoms with E-state index in [0.29, 0.717) is 6.54 Å². The van der Waals surface area contributed by atoms with Crippen LogP contribution in [-0.4, -0.2) is 13.7 Å². The van der Waals surface area contributed by atoms with Crippen LogP contribution in [0.3, 0.4) is 0 Å². The van der Waals surface area contributed by atoms with Gasteiger partial charge in [0.1, 0.15) is 5.75 Å². The predicted octanol–water partition coefficient (Wildman–Crippen LogP) is 3.03. The van der Waals surface area contributed by atoms with Crippen molar-refractivity contribution in [3.05, 3.63) is 23.3 Å². The quantitative estimate of drug-likeness (QED) is 0.864. The van der Waals surface area contributed by atoms with Crippen LogP contribution in [0, 0.1) is 30.6 Å². The van der Waals surface area contributed by atoms with Gasteiger partial charge in [-0.2, -0.15) is 5.26 Å². The van der Waals surface area contributed by atoms with Gasteiger partial charge < -0.3 is 10.1 Å². The molecule has 1 saturated carbocycles. The topological polar surface area (TPSA) is 45.0 Å². The third-order valence-electron chi connectivity index (χ3n) is 3.36. The fraction of sp³-hybridized carbons (Fsp3) is 0.500. The summed E-state index contributed by atoms with van der Waals surface area (Å²) in [7, 11) is 1.68. The normalized spacial score (nSPS) is 16.1. The molecule has 0 bridgehead atoms. The van der Waals surface area contributed by atoms with Crippen LogP contribution in [0.25, 0.3) is 0 Å². The van der Waals surface area contributed by atoms with Gasteiger partial charge in [0.05, 0.1) is 24.3 Å². The summed E-state index contributed by atoms with van der Waals surface area (Å²) >= 11 is 0. The molecule has 1 fully saturated rings. The lowest BCUT2D eigenvalue weighted by molar-refractivity contribution is 0.415. The highest BCUT2D eigenvalue weighted by molar-refractivity contribution is 5.63. The molecule has 1 aliphatic rings. The van der Waals surface area contributed by atoms with Crippen LogP contribution in [0.5, 0.6) is 5.75 Å². The van der Waals surface area contributed by atoms with Crippen molar-refractivity contribution in [2.45, 2.75) is 26.7 Å². The summed E-state index contributed by atoms with van der Waals surface area (Å²) in [5.74, 6) is 0.858. The zero-order chi connectivity index (χ0) is 12.5. The average molecular weight is 230 g/mol. The Hall–Kier alpha value is -1.69. The van der Waals surface area contributed by atoms with E-state index in [1.807, 2.05) is 6.07 Å². The zero-order valence-electron chi connectivity index (χ0n) is 10.6. The summed E-state index contributed by atoms with van der Waals surface area (Å²) in [6.07, 6.45) is 2.01. The van der Waals surface area contributed by atoms with Crippen molar-refractivity contribution in [1.82, 2.24) is 0 Å². The second kappa shape index (κ2) is 4.29. The van der Waals surface area contributed by atoms with E-state index in [0.717, 1.165) is 29.8 Å². The van der Waals surface area contributed by atoms with Crippen LogP contribution < -0.4 is 10.1 Å². The van der Waals surface area contributed by atoms with Gasteiger partial charge in [0.2, 0.25) is 0 Å². The highest BCUT2D eigenvalue weighted by Crippen LogP contribution is 2.45. The number of methoxy groups -OCH3 is 1. The molecule has 0 heterocycles. The molecule has 1 N–H and O–H groups in total. The highest BCUT2D eigenvalue weighted by Gasteiger charge is 2.43. The fourth-order valence-electron chi connectivity index (χ4n) is 2.05. The zero-order valence-corrected chi connectivity index (χ0v) is 10.6. The van der Waals surface area contributed by atoms with Gasteiger partial charge in [-0.15, -0.1) is 0 Å². The molecular formula is C14H18N2O. The Balaban J connectivity index is 2.18. The first-order chi connectivity index (χ1) is 8.10. The molecule has 3 heteroatoms. The van der Waals surface area contributed by atoms with E-state index >= 15 is 0 Å². The lowest BCUT2D eigenvalue weighted by Crippen LogP contribution is -2.14. The van der Waals surface area contributed by atoms with E-state index in [-0.39, 0.29) is 5.41 Å². The second-order valence-electron chi connectivity index (χ2n) is 4.90. The van der Waals surface area contributed by atoms with Gasteiger partial charge in [-0.1, -0.05) is 6.07 Å². The maximum Gasteiger partial charge on any atom is 0.142 e. The Bertz CT molecular complexity index is 470. The molecule has 0 unspecified atom stereocenters. The van der Waals surface area contributed by atoms with Crippen LogP contribution in [0.4, 0.5) is 5.69 Å². The summed E-state index contributed by atoms with van der Waals surface area (Å²) in [5, 5.41) is 12.4. The van der Waals surface area contributed by atoms with Crippen molar-refractivity contribution < 1.29 is 4.74 Å². The molecule has 0 spiro atoms. The van der Waals surface area contributed by atoms with Crippen molar-refractivity contribution in [3.8, 4) is 11.8 Å². The number of hydrogen-bond acceptors (Lipinski definition) is 3. The molecule has 2 rings (SSSR count). The number of nitrogens with zero attached hydrogens (tertiary/aromatic N) is 1. The Morgan fingerprint density at radius 2 is 2.12 bits per heavy atom. The first kappa shape index (κ1) is 11.8. The Morgan fingerprint density at radius 3 is 2.65 bits per heavy atom. The molecule has 0 radical (unpaired) electrons. The number of benzene rings is 1. The van der Waals surface area contributed by atoms with Gasteiger partial charge in [0, 0.05) is 6.54 Å². The SMILES string of the molecule is COc1cc(C)cc(C)c1NCC1(C#N)CC1. The summed E-state index contributed by atoms with van der Waals surface area (Å²) in [6.45, 7) is 4.82. The summed E-state index contributed by atoms with van der Waals surface area (Å²) < 4.78 is 5.38. The number of rotatable bonds is 4. The van der Waals surface area contributed by atoms with E-state index in [1.165, 1.54) is 5.56 Å². The van der Waals surface area contributed by atoms with Crippen LogP contribution >= 0.6 is 0 Å². The molecule has 0 aromatic heterocycles. The third-order valence-corrected chi connectivity index (χ3v) is 3.36. The van der Waals surface area contributed by atoms with Crippen LogP contribution in [0.1, 0.15) is 24.0 Å². The van der Waals surface area contributed by atoms with E-state index in [4.69, 9.17) is 10.00 Å². The van der Waals surface area contributed by atoms with Crippen molar-refractivity contribution in [2.75, 3.05) is 19.0 Å². The minimum absolute atomic E-state index is 0.137. The number of nitriles is 1. The molecule has 1 aromatic carbocycles. The highest BCUT2D eigenvalue weighted by atomic mass is 16.5. The van der Waals surface area contributed by atoms with E-state index in [2.05, 4.69) is 31.3 Å². The minimum Gasteiger partial charge on any atom is -0.495 e. The third kappa shape index (κ3) is 2.36. The largest absolute Gasteiger partial charge is 0.495 e. The maximum absolute atomic E-state index is 9.05. The Morgan fingerprint density at radius 1 is 1.41 bits per heavy atom. The van der Waals surface area contributed by atoms with Crippen molar-refractivity contribution >= 4 is 5.69 Å². The molecule has 3 nitrogen and oxygen atoms in total. The predicted molar refractivity (Wildman–Crippen MR) is 68.2 cm³/mol. The molecule has 0 aliphatic heterocycles. The van der Waals surface area contributed by atoms with Gasteiger partial charge in [-0.05, 0) is 43.9 Å². The van der Waals surface area contributed by atoms with Crippen LogP contribution in [0.2, 0.25) is 0 Å². The summed E-state index contributed by atoms with van der Waals surface area (Å²) in [4.78, 5) is 0. The molecule has 0 atom stereocenters. The van der Waals surface area contributed by atoms with Crippen molar-refractivity contribution in [2.24, 2.45) is 5.41 Å². The standard InChI is InChI=1S/C14H18N2O/c1-10-6-11(2)13(12(7-10)17-3)16-9-14(8-15)4-5-14/h6-7,16H,4-5,9H2,1-3H3. The van der Waals surface area contributed by atoms with E-state index in [1.54, 1.807) is 7.11 Å². The fourth-order valence-corrected chi connectivity index (χ4v) is 2.05. The summed E-state index contributed by atoms with van der Waals surface area (Å²) in [6, 6.07) is 6.52. The van der Waals surface area contributed by atoms with Gasteiger partial charge >= 0.3 is 0 Å². The molecule has 1 aliphatic carbocycles. The molecule has 0 amide bonds. The lowest BCUT2D eigenvalue weighted by Gasteiger charge is -2.16. The minimum atomic E-state index is -0.137. The number of anilines is 1. The first-order valence-electron chi connectivity index (χ1n) is 5.90.